The van der Waals surface area contributed by atoms with Crippen LogP contribution in [0, 0.1) is 17.2 Å². The lowest BCUT2D eigenvalue weighted by Crippen LogP contribution is -2.31. The van der Waals surface area contributed by atoms with Crippen molar-refractivity contribution in [2.75, 3.05) is 0 Å². The quantitative estimate of drug-likeness (QED) is 0.851. The Balaban J connectivity index is 2.31. The maximum Gasteiger partial charge on any atom is 0.161 e. The van der Waals surface area contributed by atoms with E-state index in [9.17, 15) is 8.42 Å². The third-order valence-electron chi connectivity index (χ3n) is 4.20. The summed E-state index contributed by atoms with van der Waals surface area (Å²) in [6, 6.07) is 11.2. The fourth-order valence-electron chi connectivity index (χ4n) is 3.08. The van der Waals surface area contributed by atoms with E-state index in [1.54, 1.807) is 0 Å². The number of hydrogen-bond donors (Lipinski definition) is 0. The van der Waals surface area contributed by atoms with Gasteiger partial charge in [-0.25, -0.2) is 8.42 Å². The highest BCUT2D eigenvalue weighted by molar-refractivity contribution is 7.92. The van der Waals surface area contributed by atoms with Crippen molar-refractivity contribution in [2.45, 2.75) is 49.5 Å². The van der Waals surface area contributed by atoms with Gasteiger partial charge in [-0.3, -0.25) is 0 Å². The minimum absolute atomic E-state index is 0.0389. The number of rotatable bonds is 4. The smallest absolute Gasteiger partial charge is 0.161 e. The van der Waals surface area contributed by atoms with Gasteiger partial charge in [0.05, 0.1) is 23.0 Å². The minimum atomic E-state index is -3.29. The standard InChI is InChI=1S/C16H21NO2S/c1-13-6-5-9-15(12-13)20(18,19)16(10-11-17)14-7-3-2-4-8-14/h2-4,7-8,13,15-16H,5-6,9-10,12H2,1H3. The van der Waals surface area contributed by atoms with Crippen LogP contribution in [-0.2, 0) is 9.84 Å². The number of sulfone groups is 1. The highest BCUT2D eigenvalue weighted by atomic mass is 32.2. The molecule has 0 radical (unpaired) electrons. The second kappa shape index (κ2) is 6.41. The van der Waals surface area contributed by atoms with E-state index in [-0.39, 0.29) is 11.7 Å². The van der Waals surface area contributed by atoms with E-state index in [0.717, 1.165) is 31.2 Å². The summed E-state index contributed by atoms with van der Waals surface area (Å²) in [7, 11) is -3.29. The highest BCUT2D eigenvalue weighted by Crippen LogP contribution is 2.36. The molecule has 0 bridgehead atoms. The van der Waals surface area contributed by atoms with Crippen LogP contribution in [-0.4, -0.2) is 13.7 Å². The molecule has 108 valence electrons. The predicted octanol–water partition coefficient (Wildman–Crippen LogP) is 3.63. The maximum atomic E-state index is 12.9. The molecule has 0 amide bonds. The molecule has 1 aliphatic carbocycles. The van der Waals surface area contributed by atoms with E-state index in [2.05, 4.69) is 6.92 Å². The Hall–Kier alpha value is -1.34. The van der Waals surface area contributed by atoms with Crippen LogP contribution in [0.15, 0.2) is 30.3 Å². The molecule has 2 rings (SSSR count). The first-order valence-electron chi connectivity index (χ1n) is 7.20. The van der Waals surface area contributed by atoms with Gasteiger partial charge in [-0.05, 0) is 24.3 Å². The minimum Gasteiger partial charge on any atom is -0.228 e. The molecule has 20 heavy (non-hydrogen) atoms. The molecule has 0 spiro atoms. The van der Waals surface area contributed by atoms with Crippen LogP contribution in [0.4, 0.5) is 0 Å². The lowest BCUT2D eigenvalue weighted by atomic mass is 9.90. The number of benzene rings is 1. The summed E-state index contributed by atoms with van der Waals surface area (Å²) in [6.45, 7) is 2.11. The number of nitriles is 1. The van der Waals surface area contributed by atoms with Crippen molar-refractivity contribution < 1.29 is 8.42 Å². The molecule has 3 unspecified atom stereocenters. The first kappa shape index (κ1) is 15.1. The summed E-state index contributed by atoms with van der Waals surface area (Å²) in [4.78, 5) is 0. The molecule has 0 heterocycles. The van der Waals surface area contributed by atoms with E-state index in [4.69, 9.17) is 5.26 Å². The highest BCUT2D eigenvalue weighted by Gasteiger charge is 2.37. The molecule has 0 aromatic heterocycles. The molecule has 0 aliphatic heterocycles. The Bertz CT molecular complexity index is 574. The van der Waals surface area contributed by atoms with Crippen LogP contribution in [0.25, 0.3) is 0 Å². The Morgan fingerprint density at radius 3 is 2.60 bits per heavy atom. The van der Waals surface area contributed by atoms with Gasteiger partial charge in [0, 0.05) is 0 Å². The van der Waals surface area contributed by atoms with Crippen molar-refractivity contribution in [1.82, 2.24) is 0 Å². The third kappa shape index (κ3) is 3.21. The second-order valence-electron chi connectivity index (χ2n) is 5.74. The van der Waals surface area contributed by atoms with Gasteiger partial charge in [-0.15, -0.1) is 0 Å². The van der Waals surface area contributed by atoms with Crippen molar-refractivity contribution >= 4 is 9.84 Å². The largest absolute Gasteiger partial charge is 0.228 e. The first-order chi connectivity index (χ1) is 9.55. The maximum absolute atomic E-state index is 12.9. The molecule has 1 aromatic carbocycles. The molecule has 1 saturated carbocycles. The predicted molar refractivity (Wildman–Crippen MR) is 79.8 cm³/mol. The van der Waals surface area contributed by atoms with Crippen molar-refractivity contribution in [3.8, 4) is 6.07 Å². The average Bonchev–Trinajstić information content (AvgIpc) is 2.45. The summed E-state index contributed by atoms with van der Waals surface area (Å²) >= 11 is 0. The Morgan fingerprint density at radius 1 is 1.30 bits per heavy atom. The van der Waals surface area contributed by atoms with Crippen molar-refractivity contribution in [1.29, 1.82) is 5.26 Å². The van der Waals surface area contributed by atoms with Gasteiger partial charge >= 0.3 is 0 Å². The number of hydrogen-bond acceptors (Lipinski definition) is 3. The van der Waals surface area contributed by atoms with Gasteiger partial charge < -0.3 is 0 Å². The lowest BCUT2D eigenvalue weighted by molar-refractivity contribution is 0.380. The van der Waals surface area contributed by atoms with Crippen LogP contribution < -0.4 is 0 Å². The van der Waals surface area contributed by atoms with Crippen LogP contribution in [0.3, 0.4) is 0 Å². The van der Waals surface area contributed by atoms with Crippen molar-refractivity contribution in [3.63, 3.8) is 0 Å². The zero-order chi connectivity index (χ0) is 14.6. The summed E-state index contributed by atoms with van der Waals surface area (Å²) in [5.74, 6) is 0.460. The van der Waals surface area contributed by atoms with Crippen LogP contribution in [0.2, 0.25) is 0 Å². The van der Waals surface area contributed by atoms with Crippen molar-refractivity contribution in [3.05, 3.63) is 35.9 Å². The topological polar surface area (TPSA) is 57.9 Å². The Labute approximate surface area is 121 Å². The Kier molecular flexibility index (Phi) is 4.82. The van der Waals surface area contributed by atoms with Crippen LogP contribution >= 0.6 is 0 Å². The fraction of sp³-hybridized carbons (Fsp3) is 0.562. The van der Waals surface area contributed by atoms with Gasteiger partial charge in [0.15, 0.2) is 9.84 Å². The van der Waals surface area contributed by atoms with Crippen LogP contribution in [0.5, 0.6) is 0 Å². The summed E-state index contributed by atoms with van der Waals surface area (Å²) < 4.78 is 25.7. The Morgan fingerprint density at radius 2 is 2.00 bits per heavy atom. The number of nitrogens with zero attached hydrogens (tertiary/aromatic N) is 1. The monoisotopic (exact) mass is 291 g/mol. The SMILES string of the molecule is CC1CCCC(S(=O)(=O)C(CC#N)c2ccccc2)C1. The molecule has 1 aliphatic rings. The lowest BCUT2D eigenvalue weighted by Gasteiger charge is -2.29. The second-order valence-corrected chi connectivity index (χ2v) is 8.16. The zero-order valence-corrected chi connectivity index (χ0v) is 12.6. The molecule has 3 atom stereocenters. The van der Waals surface area contributed by atoms with Gasteiger partial charge in [0.2, 0.25) is 0 Å². The van der Waals surface area contributed by atoms with E-state index in [0.29, 0.717) is 5.92 Å². The normalized spacial score (nSPS) is 24.8. The molecular weight excluding hydrogens is 270 g/mol. The molecule has 0 N–H and O–H groups in total. The molecular formula is C16H21NO2S. The van der Waals surface area contributed by atoms with E-state index < -0.39 is 15.1 Å². The third-order valence-corrected chi connectivity index (χ3v) is 6.79. The molecule has 4 heteroatoms. The van der Waals surface area contributed by atoms with E-state index in [1.165, 1.54) is 0 Å². The van der Waals surface area contributed by atoms with Crippen molar-refractivity contribution in [2.24, 2.45) is 5.92 Å². The van der Waals surface area contributed by atoms with Gasteiger partial charge in [-0.2, -0.15) is 5.26 Å². The van der Waals surface area contributed by atoms with E-state index in [1.807, 2.05) is 36.4 Å². The molecule has 3 nitrogen and oxygen atoms in total. The fourth-order valence-corrected chi connectivity index (χ4v) is 5.48. The first-order valence-corrected chi connectivity index (χ1v) is 8.81. The zero-order valence-electron chi connectivity index (χ0n) is 11.8. The summed E-state index contributed by atoms with van der Waals surface area (Å²) in [5, 5.41) is 8.03. The van der Waals surface area contributed by atoms with Gasteiger partial charge in [-0.1, -0.05) is 50.1 Å². The summed E-state index contributed by atoms with van der Waals surface area (Å²) in [6.07, 6.45) is 3.59. The van der Waals surface area contributed by atoms with Crippen LogP contribution in [0.1, 0.15) is 49.8 Å². The van der Waals surface area contributed by atoms with Gasteiger partial charge in [0.1, 0.15) is 0 Å². The summed E-state index contributed by atoms with van der Waals surface area (Å²) in [5.41, 5.74) is 0.743. The average molecular weight is 291 g/mol. The van der Waals surface area contributed by atoms with E-state index >= 15 is 0 Å². The molecule has 1 fully saturated rings. The molecule has 0 saturated heterocycles. The molecule has 1 aromatic rings. The van der Waals surface area contributed by atoms with Gasteiger partial charge in [0.25, 0.3) is 0 Å².